The van der Waals surface area contributed by atoms with Gasteiger partial charge < -0.3 is 0 Å². The summed E-state index contributed by atoms with van der Waals surface area (Å²) in [5.74, 6) is -0.153. The molecule has 0 spiro atoms. The Balaban J connectivity index is 2.67. The molecule has 0 N–H and O–H groups in total. The topological polar surface area (TPSA) is 17.1 Å². The lowest BCUT2D eigenvalue weighted by atomic mass is 10.1. The monoisotopic (exact) mass is 184 g/mol. The van der Waals surface area contributed by atoms with E-state index >= 15 is 0 Å². The van der Waals surface area contributed by atoms with Gasteiger partial charge in [-0.25, -0.2) is 4.39 Å². The third-order valence-corrected chi connectivity index (χ3v) is 2.36. The van der Waals surface area contributed by atoms with Gasteiger partial charge in [0.1, 0.15) is 6.17 Å². The highest BCUT2D eigenvalue weighted by atomic mass is 35.5. The second-order valence-corrected chi connectivity index (χ2v) is 3.20. The van der Waals surface area contributed by atoms with Gasteiger partial charge in [-0.05, 0) is 6.07 Å². The Bertz CT molecular complexity index is 348. The fourth-order valence-electron chi connectivity index (χ4n) is 1.47. The first kappa shape index (κ1) is 7.74. The zero-order valence-corrected chi connectivity index (χ0v) is 6.94. The average molecular weight is 185 g/mol. The highest BCUT2D eigenvalue weighted by molar-refractivity contribution is 6.32. The summed E-state index contributed by atoms with van der Waals surface area (Å²) in [5, 5.41) is 0.353. The van der Waals surface area contributed by atoms with Crippen LogP contribution in [0, 0.1) is 0 Å². The number of rotatable bonds is 0. The number of Topliss-reactive ketones (excluding diaryl/α,β-unsaturated/α-hetero) is 1. The van der Waals surface area contributed by atoms with Gasteiger partial charge >= 0.3 is 0 Å². The van der Waals surface area contributed by atoms with Crippen molar-refractivity contribution >= 4 is 17.4 Å². The molecule has 2 rings (SSSR count). The molecule has 12 heavy (non-hydrogen) atoms. The number of carbonyl (C=O) groups excluding carboxylic acids is 1. The van der Waals surface area contributed by atoms with Gasteiger partial charge in [0.2, 0.25) is 0 Å². The average Bonchev–Trinajstić information content (AvgIpc) is 2.29. The summed E-state index contributed by atoms with van der Waals surface area (Å²) in [5.41, 5.74) is 0.805. The molecular formula is C9H6ClFO. The van der Waals surface area contributed by atoms with Crippen molar-refractivity contribution in [2.24, 2.45) is 0 Å². The van der Waals surface area contributed by atoms with Crippen molar-refractivity contribution in [2.45, 2.75) is 12.6 Å². The van der Waals surface area contributed by atoms with E-state index in [-0.39, 0.29) is 12.2 Å². The Morgan fingerprint density at radius 1 is 1.50 bits per heavy atom. The molecule has 0 aliphatic heterocycles. The van der Waals surface area contributed by atoms with Crippen molar-refractivity contribution in [2.75, 3.05) is 0 Å². The Kier molecular flexibility index (Phi) is 1.65. The van der Waals surface area contributed by atoms with E-state index in [1.165, 1.54) is 0 Å². The van der Waals surface area contributed by atoms with Crippen molar-refractivity contribution in [3.8, 4) is 0 Å². The van der Waals surface area contributed by atoms with E-state index in [1.807, 2.05) is 0 Å². The van der Waals surface area contributed by atoms with E-state index in [2.05, 4.69) is 0 Å². The molecular weight excluding hydrogens is 179 g/mol. The van der Waals surface area contributed by atoms with Gasteiger partial charge in [-0.15, -0.1) is 0 Å². The molecule has 1 aromatic rings. The van der Waals surface area contributed by atoms with E-state index in [4.69, 9.17) is 11.6 Å². The fraction of sp³-hybridized carbons (Fsp3) is 0.222. The predicted octanol–water partition coefficient (Wildman–Crippen LogP) is 2.94. The molecule has 1 nitrogen and oxygen atoms in total. The van der Waals surface area contributed by atoms with Crippen LogP contribution in [0.1, 0.15) is 28.5 Å². The van der Waals surface area contributed by atoms with Crippen molar-refractivity contribution < 1.29 is 9.18 Å². The zero-order valence-electron chi connectivity index (χ0n) is 6.18. The number of alkyl halides is 1. The Hall–Kier alpha value is -0.890. The van der Waals surface area contributed by atoms with Crippen molar-refractivity contribution in [3.63, 3.8) is 0 Å². The van der Waals surface area contributed by atoms with Crippen molar-refractivity contribution in [1.29, 1.82) is 0 Å². The molecule has 0 saturated carbocycles. The lowest BCUT2D eigenvalue weighted by Crippen LogP contribution is -1.89. The summed E-state index contributed by atoms with van der Waals surface area (Å²) >= 11 is 5.74. The minimum atomic E-state index is -1.21. The van der Waals surface area contributed by atoms with E-state index in [0.29, 0.717) is 16.1 Å². The van der Waals surface area contributed by atoms with Crippen molar-refractivity contribution in [3.05, 3.63) is 34.3 Å². The molecule has 1 aromatic carbocycles. The van der Waals surface area contributed by atoms with Crippen LogP contribution in [-0.4, -0.2) is 5.78 Å². The maximum absolute atomic E-state index is 13.1. The van der Waals surface area contributed by atoms with Gasteiger partial charge in [0.05, 0.1) is 0 Å². The van der Waals surface area contributed by atoms with Crippen LogP contribution in [0.2, 0.25) is 5.02 Å². The largest absolute Gasteiger partial charge is 0.294 e. The number of carbonyl (C=O) groups is 1. The summed E-state index contributed by atoms with van der Waals surface area (Å²) in [4.78, 5) is 11.1. The number of halogens is 2. The Morgan fingerprint density at radius 3 is 2.92 bits per heavy atom. The SMILES string of the molecule is O=C1CC(F)c2c(Cl)cccc21. The second kappa shape index (κ2) is 2.56. The van der Waals surface area contributed by atoms with Crippen LogP contribution in [0.4, 0.5) is 4.39 Å². The van der Waals surface area contributed by atoms with Crippen LogP contribution in [0.25, 0.3) is 0 Å². The molecule has 1 atom stereocenters. The molecule has 0 amide bonds. The first-order chi connectivity index (χ1) is 5.70. The summed E-state index contributed by atoms with van der Waals surface area (Å²) in [6, 6.07) is 4.88. The van der Waals surface area contributed by atoms with Crippen LogP contribution >= 0.6 is 11.6 Å². The molecule has 62 valence electrons. The first-order valence-electron chi connectivity index (χ1n) is 3.66. The first-order valence-corrected chi connectivity index (χ1v) is 4.03. The summed E-state index contributed by atoms with van der Waals surface area (Å²) in [7, 11) is 0. The smallest absolute Gasteiger partial charge is 0.166 e. The molecule has 1 aliphatic carbocycles. The molecule has 0 radical (unpaired) electrons. The summed E-state index contributed by atoms with van der Waals surface area (Å²) in [6.07, 6.45) is -1.26. The highest BCUT2D eigenvalue weighted by Gasteiger charge is 2.30. The van der Waals surface area contributed by atoms with E-state index in [0.717, 1.165) is 0 Å². The number of ketones is 1. The molecule has 0 fully saturated rings. The maximum atomic E-state index is 13.1. The van der Waals surface area contributed by atoms with Crippen LogP contribution in [-0.2, 0) is 0 Å². The lowest BCUT2D eigenvalue weighted by molar-refractivity contribution is 0.0972. The molecule has 0 bridgehead atoms. The van der Waals surface area contributed by atoms with E-state index in [1.54, 1.807) is 18.2 Å². The number of fused-ring (bicyclic) bond motifs is 1. The summed E-state index contributed by atoms with van der Waals surface area (Å²) < 4.78 is 13.1. The fourth-order valence-corrected chi connectivity index (χ4v) is 1.77. The van der Waals surface area contributed by atoms with Gasteiger partial charge in [-0.3, -0.25) is 4.79 Å². The van der Waals surface area contributed by atoms with E-state index < -0.39 is 6.17 Å². The van der Waals surface area contributed by atoms with Gasteiger partial charge in [-0.1, -0.05) is 23.7 Å². The van der Waals surface area contributed by atoms with Gasteiger partial charge in [0.15, 0.2) is 5.78 Å². The molecule has 1 aliphatic rings. The quantitative estimate of drug-likeness (QED) is 0.606. The lowest BCUT2D eigenvalue weighted by Gasteiger charge is -2.01. The normalized spacial score (nSPS) is 21.2. The maximum Gasteiger partial charge on any atom is 0.166 e. The Morgan fingerprint density at radius 2 is 2.25 bits per heavy atom. The zero-order chi connectivity index (χ0) is 8.72. The highest BCUT2D eigenvalue weighted by Crippen LogP contribution is 2.38. The molecule has 3 heteroatoms. The third kappa shape index (κ3) is 0.950. The number of benzene rings is 1. The molecule has 0 heterocycles. The van der Waals surface area contributed by atoms with Crippen LogP contribution in [0.15, 0.2) is 18.2 Å². The second-order valence-electron chi connectivity index (χ2n) is 2.80. The van der Waals surface area contributed by atoms with Crippen LogP contribution < -0.4 is 0 Å². The van der Waals surface area contributed by atoms with Gasteiger partial charge in [0.25, 0.3) is 0 Å². The third-order valence-electron chi connectivity index (χ3n) is 2.03. The summed E-state index contributed by atoms with van der Waals surface area (Å²) in [6.45, 7) is 0. The molecule has 1 unspecified atom stereocenters. The van der Waals surface area contributed by atoms with Crippen LogP contribution in [0.3, 0.4) is 0 Å². The van der Waals surface area contributed by atoms with Gasteiger partial charge in [-0.2, -0.15) is 0 Å². The standard InChI is InChI=1S/C9H6ClFO/c10-6-3-1-2-5-8(12)4-7(11)9(5)6/h1-3,7H,4H2. The van der Waals surface area contributed by atoms with Gasteiger partial charge in [0, 0.05) is 22.6 Å². The molecule has 0 aromatic heterocycles. The van der Waals surface area contributed by atoms with Crippen molar-refractivity contribution in [1.82, 2.24) is 0 Å². The minimum Gasteiger partial charge on any atom is -0.294 e. The molecule has 0 saturated heterocycles. The minimum absolute atomic E-state index is 0.0565. The van der Waals surface area contributed by atoms with E-state index in [9.17, 15) is 9.18 Å². The Labute approximate surface area is 74.2 Å². The number of hydrogen-bond donors (Lipinski definition) is 0. The number of hydrogen-bond acceptors (Lipinski definition) is 1. The predicted molar refractivity (Wildman–Crippen MR) is 44.2 cm³/mol. The van der Waals surface area contributed by atoms with Crippen LogP contribution in [0.5, 0.6) is 0 Å².